The van der Waals surface area contributed by atoms with Crippen LogP contribution in [0.25, 0.3) is 0 Å². The Hall–Kier alpha value is -0.550. The van der Waals surface area contributed by atoms with Gasteiger partial charge in [0, 0.05) is 6.42 Å². The van der Waals surface area contributed by atoms with Gasteiger partial charge in [-0.25, -0.2) is 0 Å². The Morgan fingerprint density at radius 1 is 1.57 bits per heavy atom. The summed E-state index contributed by atoms with van der Waals surface area (Å²) in [5, 5.41) is 0.884. The van der Waals surface area contributed by atoms with E-state index in [1.165, 1.54) is 0 Å². The molecule has 79 valence electrons. The number of nitrogens with zero attached hydrogens (tertiary/aromatic N) is 2. The molecule has 1 N–H and O–H groups in total. The van der Waals surface area contributed by atoms with Crippen LogP contribution in [0, 0.1) is 0 Å². The zero-order valence-electron chi connectivity index (χ0n) is 8.62. The van der Waals surface area contributed by atoms with Crippen molar-refractivity contribution in [3.05, 3.63) is 0 Å². The number of hydrogen-bond donors (Lipinski definition) is 1. The van der Waals surface area contributed by atoms with E-state index in [0.717, 1.165) is 19.3 Å². The number of nitrogens with one attached hydrogen (secondary N) is 1. The predicted octanol–water partition coefficient (Wildman–Crippen LogP) is 1.65. The number of thioether (sulfide) groups is 1. The van der Waals surface area contributed by atoms with Gasteiger partial charge in [-0.3, -0.25) is 4.79 Å². The van der Waals surface area contributed by atoms with Crippen molar-refractivity contribution in [1.82, 2.24) is 10.9 Å². The van der Waals surface area contributed by atoms with Crippen molar-refractivity contribution in [3.63, 3.8) is 0 Å². The highest BCUT2D eigenvalue weighted by Gasteiger charge is 2.21. The summed E-state index contributed by atoms with van der Waals surface area (Å²) < 4.78 is 0. The third kappa shape index (κ3) is 3.67. The van der Waals surface area contributed by atoms with Gasteiger partial charge in [0.1, 0.15) is 0 Å². The van der Waals surface area contributed by atoms with Crippen molar-refractivity contribution in [2.45, 2.75) is 44.9 Å². The fraction of sp³-hybridized carbons (Fsp3) is 0.778. The topological polar surface area (TPSA) is 55.6 Å². The van der Waals surface area contributed by atoms with Crippen LogP contribution in [-0.2, 0) is 4.79 Å². The van der Waals surface area contributed by atoms with Crippen molar-refractivity contribution in [3.8, 4) is 0 Å². The molecule has 1 unspecified atom stereocenters. The summed E-state index contributed by atoms with van der Waals surface area (Å²) in [5.74, 6) is -0.0716. The molecule has 1 aliphatic rings. The zero-order valence-corrected chi connectivity index (χ0v) is 9.43. The maximum Gasteiger partial charge on any atom is 0.248 e. The second-order valence-corrected chi connectivity index (χ2v) is 4.34. The fourth-order valence-electron chi connectivity index (χ4n) is 1.12. The third-order valence-corrected chi connectivity index (χ3v) is 2.81. The van der Waals surface area contributed by atoms with Gasteiger partial charge in [0.05, 0.1) is 5.37 Å². The molecule has 0 aliphatic carbocycles. The van der Waals surface area contributed by atoms with Gasteiger partial charge in [-0.15, -0.1) is 0 Å². The number of carbonyl (C=O) groups excluding carboxylic acids is 1. The highest BCUT2D eigenvalue weighted by molar-refractivity contribution is 8.14. The van der Waals surface area contributed by atoms with Crippen LogP contribution >= 0.6 is 11.8 Å². The first kappa shape index (κ1) is 11.5. The van der Waals surface area contributed by atoms with E-state index in [1.54, 1.807) is 11.8 Å². The molecule has 1 saturated heterocycles. The van der Waals surface area contributed by atoms with Gasteiger partial charge in [-0.1, -0.05) is 32.0 Å². The van der Waals surface area contributed by atoms with Crippen LogP contribution in [0.4, 0.5) is 0 Å². The molecule has 0 aromatic rings. The van der Waals surface area contributed by atoms with Crippen LogP contribution in [0.3, 0.4) is 0 Å². The first-order valence-electron chi connectivity index (χ1n) is 5.00. The lowest BCUT2D eigenvalue weighted by atomic mass is 10.3. The monoisotopic (exact) mass is 214 g/mol. The van der Waals surface area contributed by atoms with Crippen LogP contribution in [-0.4, -0.2) is 16.4 Å². The van der Waals surface area contributed by atoms with E-state index >= 15 is 0 Å². The van der Waals surface area contributed by atoms with Crippen molar-refractivity contribution in [2.75, 3.05) is 0 Å². The molecule has 0 spiro atoms. The van der Waals surface area contributed by atoms with Crippen LogP contribution in [0.15, 0.2) is 4.99 Å². The molecule has 1 radical (unpaired) electrons. The molecule has 5 heteroatoms. The number of aliphatic imine (C=N–C) groups is 1. The normalized spacial score (nSPS) is 23.9. The van der Waals surface area contributed by atoms with Crippen molar-refractivity contribution in [2.24, 2.45) is 4.99 Å². The minimum atomic E-state index is -0.0716. The van der Waals surface area contributed by atoms with Gasteiger partial charge in [0.25, 0.3) is 0 Å². The van der Waals surface area contributed by atoms with E-state index in [1.807, 2.05) is 6.92 Å². The van der Waals surface area contributed by atoms with Crippen LogP contribution < -0.4 is 10.9 Å². The smallest absolute Gasteiger partial charge is 0.248 e. The number of carbonyl (C=O) groups is 1. The first-order chi connectivity index (χ1) is 6.76. The lowest BCUT2D eigenvalue weighted by Crippen LogP contribution is -2.25. The van der Waals surface area contributed by atoms with E-state index in [-0.39, 0.29) is 5.91 Å². The highest BCUT2D eigenvalue weighted by atomic mass is 32.2. The minimum Gasteiger partial charge on any atom is -0.273 e. The Kier molecular flexibility index (Phi) is 4.97. The highest BCUT2D eigenvalue weighted by Crippen LogP contribution is 2.19. The van der Waals surface area contributed by atoms with Gasteiger partial charge >= 0.3 is 0 Å². The van der Waals surface area contributed by atoms with E-state index in [9.17, 15) is 4.79 Å². The molecule has 1 aliphatic heterocycles. The predicted molar refractivity (Wildman–Crippen MR) is 58.9 cm³/mol. The Morgan fingerprint density at radius 2 is 2.36 bits per heavy atom. The molecule has 0 saturated carbocycles. The third-order valence-electron chi connectivity index (χ3n) is 1.79. The van der Waals surface area contributed by atoms with Gasteiger partial charge in [-0.2, -0.15) is 15.8 Å². The quantitative estimate of drug-likeness (QED) is 0.774. The van der Waals surface area contributed by atoms with Crippen molar-refractivity contribution >= 4 is 22.8 Å². The molecule has 0 aromatic carbocycles. The average molecular weight is 214 g/mol. The molecular formula is C9H16N3OS. The number of hydrogen-bond acceptors (Lipinski definition) is 3. The van der Waals surface area contributed by atoms with Crippen molar-refractivity contribution in [1.29, 1.82) is 0 Å². The maximum atomic E-state index is 11.2. The van der Waals surface area contributed by atoms with Gasteiger partial charge in [0.2, 0.25) is 11.1 Å². The number of rotatable bonds is 4. The Labute approximate surface area is 88.9 Å². The minimum absolute atomic E-state index is 0.0716. The zero-order chi connectivity index (χ0) is 10.4. The van der Waals surface area contributed by atoms with Gasteiger partial charge in [-0.05, 0) is 12.8 Å². The van der Waals surface area contributed by atoms with Crippen molar-refractivity contribution < 1.29 is 4.79 Å². The molecular weight excluding hydrogens is 198 g/mol. The Bertz CT molecular complexity index is 230. The molecule has 4 nitrogen and oxygen atoms in total. The lowest BCUT2D eigenvalue weighted by molar-refractivity contribution is -0.117. The SMILES string of the molecule is CCCC(=O)N=C1[N]NC(CCC)S1. The molecule has 1 heterocycles. The van der Waals surface area contributed by atoms with Crippen LogP contribution in [0.5, 0.6) is 0 Å². The molecule has 0 bridgehead atoms. The molecule has 1 fully saturated rings. The van der Waals surface area contributed by atoms with E-state index in [2.05, 4.69) is 22.8 Å². The largest absolute Gasteiger partial charge is 0.273 e. The average Bonchev–Trinajstić information content (AvgIpc) is 2.53. The standard InChI is InChI=1S/C9H16N3OS/c1-3-5-7(13)10-9-12-11-8(14-9)6-4-2/h8,11H,3-6H2,1-2H3. The van der Waals surface area contributed by atoms with Crippen LogP contribution in [0.2, 0.25) is 0 Å². The van der Waals surface area contributed by atoms with E-state index < -0.39 is 0 Å². The molecule has 14 heavy (non-hydrogen) atoms. The maximum absolute atomic E-state index is 11.2. The Balaban J connectivity index is 2.36. The van der Waals surface area contributed by atoms with Gasteiger partial charge in [0.15, 0.2) is 0 Å². The summed E-state index contributed by atoms with van der Waals surface area (Å²) in [6.45, 7) is 4.09. The first-order valence-corrected chi connectivity index (χ1v) is 5.88. The van der Waals surface area contributed by atoms with E-state index in [0.29, 0.717) is 17.0 Å². The van der Waals surface area contributed by atoms with E-state index in [4.69, 9.17) is 0 Å². The molecule has 1 amide bonds. The summed E-state index contributed by atoms with van der Waals surface area (Å²) >= 11 is 1.54. The summed E-state index contributed by atoms with van der Waals surface area (Å²) in [7, 11) is 0. The van der Waals surface area contributed by atoms with Gasteiger partial charge < -0.3 is 0 Å². The fourth-order valence-corrected chi connectivity index (χ4v) is 2.09. The number of amidine groups is 1. The molecule has 1 atom stereocenters. The summed E-state index contributed by atoms with van der Waals surface area (Å²) in [6, 6.07) is 0. The second-order valence-electron chi connectivity index (χ2n) is 3.17. The molecule has 0 aromatic heterocycles. The Morgan fingerprint density at radius 3 is 3.00 bits per heavy atom. The molecule has 1 rings (SSSR count). The second kappa shape index (κ2) is 6.03. The summed E-state index contributed by atoms with van der Waals surface area (Å²) in [4.78, 5) is 15.1. The number of amides is 1. The summed E-state index contributed by atoms with van der Waals surface area (Å²) in [6.07, 6.45) is 3.51. The summed E-state index contributed by atoms with van der Waals surface area (Å²) in [5.41, 5.74) is 6.96. The van der Waals surface area contributed by atoms with Crippen LogP contribution in [0.1, 0.15) is 39.5 Å². The lowest BCUT2D eigenvalue weighted by Gasteiger charge is -2.01.